The predicted molar refractivity (Wildman–Crippen MR) is 81.7 cm³/mol. The minimum absolute atomic E-state index is 0.697. The van der Waals surface area contributed by atoms with Crippen LogP contribution in [-0.4, -0.2) is 39.9 Å². The normalized spacial score (nSPS) is 23.4. The Kier molecular flexibility index (Phi) is 4.41. The summed E-state index contributed by atoms with van der Waals surface area (Å²) in [6.07, 6.45) is 7.87. The second-order valence-corrected chi connectivity index (χ2v) is 6.41. The molecular formula is C16H28N4. The molecule has 2 aliphatic rings. The lowest BCUT2D eigenvalue weighted by Crippen LogP contribution is -2.44. The Morgan fingerprint density at radius 1 is 1.35 bits per heavy atom. The Bertz CT molecular complexity index is 430. The fourth-order valence-electron chi connectivity index (χ4n) is 3.25. The van der Waals surface area contributed by atoms with Crippen LogP contribution in [-0.2, 0) is 20.0 Å². The minimum atomic E-state index is 0.697. The molecule has 1 unspecified atom stereocenters. The number of nitrogens with zero attached hydrogens (tertiary/aromatic N) is 3. The number of aryl methyl sites for hydroxylation is 2. The maximum atomic E-state index is 4.58. The van der Waals surface area contributed by atoms with E-state index in [1.54, 1.807) is 0 Å². The number of hydrogen-bond acceptors (Lipinski definition) is 3. The third-order valence-corrected chi connectivity index (χ3v) is 4.69. The molecule has 1 N–H and O–H groups in total. The molecule has 20 heavy (non-hydrogen) atoms. The number of hydrogen-bond donors (Lipinski definition) is 1. The zero-order chi connectivity index (χ0) is 13.9. The van der Waals surface area contributed by atoms with Gasteiger partial charge >= 0.3 is 0 Å². The Morgan fingerprint density at radius 2 is 2.20 bits per heavy atom. The van der Waals surface area contributed by atoms with Gasteiger partial charge in [0.1, 0.15) is 0 Å². The summed E-state index contributed by atoms with van der Waals surface area (Å²) < 4.78 is 2.07. The Labute approximate surface area is 122 Å². The van der Waals surface area contributed by atoms with E-state index in [1.807, 2.05) is 0 Å². The lowest BCUT2D eigenvalue weighted by atomic mass is 10.0. The highest BCUT2D eigenvalue weighted by atomic mass is 15.3. The molecule has 1 saturated heterocycles. The maximum Gasteiger partial charge on any atom is 0.0625 e. The first-order valence-corrected chi connectivity index (χ1v) is 8.25. The van der Waals surface area contributed by atoms with Crippen LogP contribution in [0.5, 0.6) is 0 Å². The van der Waals surface area contributed by atoms with Crippen LogP contribution >= 0.6 is 0 Å². The zero-order valence-corrected chi connectivity index (χ0v) is 12.9. The van der Waals surface area contributed by atoms with E-state index in [4.69, 9.17) is 0 Å². The average Bonchev–Trinajstić information content (AvgIpc) is 3.25. The lowest BCUT2D eigenvalue weighted by Gasteiger charge is -2.30. The number of rotatable bonds is 6. The highest BCUT2D eigenvalue weighted by Crippen LogP contribution is 2.29. The van der Waals surface area contributed by atoms with Gasteiger partial charge in [0.2, 0.25) is 0 Å². The van der Waals surface area contributed by atoms with Crippen molar-refractivity contribution in [2.45, 2.75) is 64.1 Å². The van der Waals surface area contributed by atoms with E-state index in [9.17, 15) is 0 Å². The first-order valence-electron chi connectivity index (χ1n) is 8.25. The minimum Gasteiger partial charge on any atom is -0.313 e. The molecule has 1 aliphatic heterocycles. The van der Waals surface area contributed by atoms with Crippen molar-refractivity contribution < 1.29 is 0 Å². The summed E-state index contributed by atoms with van der Waals surface area (Å²) in [6.45, 7) is 5.65. The molecule has 1 aromatic heterocycles. The molecule has 1 atom stereocenters. The van der Waals surface area contributed by atoms with Crippen LogP contribution in [0.3, 0.4) is 0 Å². The average molecular weight is 276 g/mol. The largest absolute Gasteiger partial charge is 0.313 e. The van der Waals surface area contributed by atoms with Crippen molar-refractivity contribution in [2.24, 2.45) is 7.05 Å². The maximum absolute atomic E-state index is 4.58. The van der Waals surface area contributed by atoms with Crippen molar-refractivity contribution in [3.63, 3.8) is 0 Å². The van der Waals surface area contributed by atoms with Crippen LogP contribution < -0.4 is 5.32 Å². The van der Waals surface area contributed by atoms with Gasteiger partial charge in [0.25, 0.3) is 0 Å². The quantitative estimate of drug-likeness (QED) is 0.863. The molecule has 2 heterocycles. The van der Waals surface area contributed by atoms with E-state index in [0.29, 0.717) is 6.04 Å². The smallest absolute Gasteiger partial charge is 0.0625 e. The van der Waals surface area contributed by atoms with Crippen LogP contribution in [0.25, 0.3) is 0 Å². The van der Waals surface area contributed by atoms with E-state index < -0.39 is 0 Å². The van der Waals surface area contributed by atoms with E-state index in [1.165, 1.54) is 56.6 Å². The molecule has 1 aliphatic carbocycles. The first kappa shape index (κ1) is 14.1. The summed E-state index contributed by atoms with van der Waals surface area (Å²) in [6, 6.07) is 3.80. The van der Waals surface area contributed by atoms with Crippen molar-refractivity contribution in [3.05, 3.63) is 17.5 Å². The molecule has 1 aromatic rings. The molecule has 3 rings (SSSR count). The molecule has 0 bridgehead atoms. The van der Waals surface area contributed by atoms with Crippen LogP contribution in [0, 0.1) is 0 Å². The van der Waals surface area contributed by atoms with Gasteiger partial charge in [-0.1, -0.05) is 13.3 Å². The summed E-state index contributed by atoms with van der Waals surface area (Å²) in [7, 11) is 2.08. The van der Waals surface area contributed by atoms with Gasteiger partial charge in [0.05, 0.1) is 11.4 Å². The summed E-state index contributed by atoms with van der Waals surface area (Å²) in [5.41, 5.74) is 2.58. The summed E-state index contributed by atoms with van der Waals surface area (Å²) in [5, 5.41) is 8.27. The lowest BCUT2D eigenvalue weighted by molar-refractivity contribution is 0.204. The molecule has 0 radical (unpaired) electrons. The third kappa shape index (κ3) is 3.41. The standard InChI is InChI=1S/C16H28N4/c1-3-13-10-16(19(2)18-13)12-20(15-7-8-15)11-14-6-4-5-9-17-14/h10,14-15,17H,3-9,11-12H2,1-2H3. The van der Waals surface area contributed by atoms with Gasteiger partial charge in [-0.2, -0.15) is 5.10 Å². The van der Waals surface area contributed by atoms with Gasteiger partial charge in [-0.25, -0.2) is 0 Å². The second kappa shape index (κ2) is 6.27. The fraction of sp³-hybridized carbons (Fsp3) is 0.812. The van der Waals surface area contributed by atoms with Gasteiger partial charge in [-0.05, 0) is 44.7 Å². The first-order chi connectivity index (χ1) is 9.76. The van der Waals surface area contributed by atoms with Gasteiger partial charge < -0.3 is 5.32 Å². The van der Waals surface area contributed by atoms with Gasteiger partial charge in [0, 0.05) is 32.2 Å². The fourth-order valence-corrected chi connectivity index (χ4v) is 3.25. The number of nitrogens with one attached hydrogen (secondary N) is 1. The monoisotopic (exact) mass is 276 g/mol. The second-order valence-electron chi connectivity index (χ2n) is 6.41. The van der Waals surface area contributed by atoms with E-state index in [2.05, 4.69) is 40.0 Å². The molecule has 1 saturated carbocycles. The molecular weight excluding hydrogens is 248 g/mol. The number of aromatic nitrogens is 2. The van der Waals surface area contributed by atoms with Crippen molar-refractivity contribution in [3.8, 4) is 0 Å². The summed E-state index contributed by atoms with van der Waals surface area (Å²) >= 11 is 0. The van der Waals surface area contributed by atoms with E-state index in [-0.39, 0.29) is 0 Å². The Balaban J connectivity index is 1.62. The third-order valence-electron chi connectivity index (χ3n) is 4.69. The van der Waals surface area contributed by atoms with E-state index >= 15 is 0 Å². The molecule has 0 aromatic carbocycles. The number of piperidine rings is 1. The van der Waals surface area contributed by atoms with Crippen LogP contribution in [0.1, 0.15) is 50.4 Å². The topological polar surface area (TPSA) is 33.1 Å². The van der Waals surface area contributed by atoms with Crippen molar-refractivity contribution in [2.75, 3.05) is 13.1 Å². The molecule has 4 heteroatoms. The van der Waals surface area contributed by atoms with Gasteiger partial charge in [-0.3, -0.25) is 9.58 Å². The van der Waals surface area contributed by atoms with Crippen LogP contribution in [0.2, 0.25) is 0 Å². The van der Waals surface area contributed by atoms with E-state index in [0.717, 1.165) is 19.0 Å². The van der Waals surface area contributed by atoms with Crippen LogP contribution in [0.4, 0.5) is 0 Å². The van der Waals surface area contributed by atoms with Crippen molar-refractivity contribution in [1.82, 2.24) is 20.0 Å². The summed E-state index contributed by atoms with van der Waals surface area (Å²) in [5.74, 6) is 0. The van der Waals surface area contributed by atoms with Crippen molar-refractivity contribution in [1.29, 1.82) is 0 Å². The van der Waals surface area contributed by atoms with Gasteiger partial charge in [0.15, 0.2) is 0 Å². The summed E-state index contributed by atoms with van der Waals surface area (Å²) in [4.78, 5) is 2.68. The Hall–Kier alpha value is -0.870. The van der Waals surface area contributed by atoms with Crippen LogP contribution in [0.15, 0.2) is 6.07 Å². The van der Waals surface area contributed by atoms with Gasteiger partial charge in [-0.15, -0.1) is 0 Å². The van der Waals surface area contributed by atoms with Crippen molar-refractivity contribution >= 4 is 0 Å². The molecule has 4 nitrogen and oxygen atoms in total. The molecule has 0 spiro atoms. The highest BCUT2D eigenvalue weighted by molar-refractivity contribution is 5.11. The molecule has 0 amide bonds. The molecule has 112 valence electrons. The zero-order valence-electron chi connectivity index (χ0n) is 12.9. The highest BCUT2D eigenvalue weighted by Gasteiger charge is 2.31. The Morgan fingerprint density at radius 3 is 2.80 bits per heavy atom. The SMILES string of the molecule is CCc1cc(CN(CC2CCCCN2)C2CC2)n(C)n1. The predicted octanol–water partition coefficient (Wildman–Crippen LogP) is 2.09. The molecule has 2 fully saturated rings.